The summed E-state index contributed by atoms with van der Waals surface area (Å²) in [5, 5.41) is 5.41. The Hall–Kier alpha value is -2.72. The van der Waals surface area contributed by atoms with Crippen molar-refractivity contribution in [3.8, 4) is 0 Å². The van der Waals surface area contributed by atoms with E-state index in [1.54, 1.807) is 24.4 Å². The summed E-state index contributed by atoms with van der Waals surface area (Å²) in [6.45, 7) is 1.86. The predicted molar refractivity (Wildman–Crippen MR) is 93.0 cm³/mol. The molecule has 0 saturated carbocycles. The second-order valence-corrected chi connectivity index (χ2v) is 5.52. The van der Waals surface area contributed by atoms with Gasteiger partial charge < -0.3 is 0 Å². The molecule has 1 N–H and O–H groups in total. The van der Waals surface area contributed by atoms with Crippen molar-refractivity contribution in [2.45, 2.75) is 6.92 Å². The highest BCUT2D eigenvalue weighted by Gasteiger charge is 2.10. The molecule has 0 aliphatic heterocycles. The van der Waals surface area contributed by atoms with E-state index in [2.05, 4.69) is 15.5 Å². The van der Waals surface area contributed by atoms with Crippen molar-refractivity contribution < 1.29 is 4.79 Å². The van der Waals surface area contributed by atoms with Crippen LogP contribution in [0, 0.1) is 6.92 Å². The van der Waals surface area contributed by atoms with E-state index in [4.69, 9.17) is 11.6 Å². The van der Waals surface area contributed by atoms with Crippen LogP contribution in [0.5, 0.6) is 0 Å². The van der Waals surface area contributed by atoms with Crippen LogP contribution in [0.15, 0.2) is 59.7 Å². The van der Waals surface area contributed by atoms with E-state index < -0.39 is 0 Å². The van der Waals surface area contributed by atoms with Crippen molar-refractivity contribution in [1.29, 1.82) is 0 Å². The number of nitrogens with one attached hydrogen (secondary N) is 1. The van der Waals surface area contributed by atoms with Crippen LogP contribution >= 0.6 is 11.6 Å². The first-order valence-corrected chi connectivity index (χ1v) is 7.46. The molecule has 0 fully saturated rings. The monoisotopic (exact) mass is 323 g/mol. The molecular formula is C18H14ClN3O. The lowest BCUT2D eigenvalue weighted by molar-refractivity contribution is 0.0956. The second-order valence-electron chi connectivity index (χ2n) is 5.08. The average molecular weight is 324 g/mol. The van der Waals surface area contributed by atoms with Crippen LogP contribution in [0.3, 0.4) is 0 Å². The summed E-state index contributed by atoms with van der Waals surface area (Å²) in [5.74, 6) is -0.273. The molecule has 1 amide bonds. The number of para-hydroxylation sites is 1. The van der Waals surface area contributed by atoms with Gasteiger partial charge >= 0.3 is 0 Å². The lowest BCUT2D eigenvalue weighted by Crippen LogP contribution is -2.18. The molecule has 0 unspecified atom stereocenters. The highest BCUT2D eigenvalue weighted by Crippen LogP contribution is 2.18. The van der Waals surface area contributed by atoms with Crippen molar-refractivity contribution >= 4 is 34.6 Å². The van der Waals surface area contributed by atoms with Crippen molar-refractivity contribution in [3.63, 3.8) is 0 Å². The minimum absolute atomic E-state index is 0.273. The number of halogens is 1. The minimum Gasteiger partial charge on any atom is -0.267 e. The Balaban J connectivity index is 1.84. The van der Waals surface area contributed by atoms with Gasteiger partial charge in [-0.05, 0) is 36.8 Å². The number of rotatable bonds is 3. The van der Waals surface area contributed by atoms with Crippen LogP contribution in [-0.2, 0) is 0 Å². The van der Waals surface area contributed by atoms with Gasteiger partial charge in [-0.15, -0.1) is 0 Å². The molecule has 114 valence electrons. The molecular weight excluding hydrogens is 310 g/mol. The van der Waals surface area contributed by atoms with Crippen LogP contribution in [0.4, 0.5) is 0 Å². The SMILES string of the molecule is Cc1cc(C(=O)N/N=C\c2cccc(Cl)c2)c2ccccc2n1. The highest BCUT2D eigenvalue weighted by atomic mass is 35.5. The van der Waals surface area contributed by atoms with Crippen molar-refractivity contribution in [2.24, 2.45) is 5.10 Å². The first-order valence-electron chi connectivity index (χ1n) is 7.09. The first-order chi connectivity index (χ1) is 11.1. The molecule has 1 heterocycles. The first kappa shape index (κ1) is 15.2. The maximum atomic E-state index is 12.4. The number of fused-ring (bicyclic) bond motifs is 1. The zero-order valence-electron chi connectivity index (χ0n) is 12.5. The molecule has 23 heavy (non-hydrogen) atoms. The molecule has 0 saturated heterocycles. The van der Waals surface area contributed by atoms with Crippen molar-refractivity contribution in [2.75, 3.05) is 0 Å². The lowest BCUT2D eigenvalue weighted by Gasteiger charge is -2.06. The number of nitrogens with zero attached hydrogens (tertiary/aromatic N) is 2. The molecule has 0 aliphatic carbocycles. The van der Waals surface area contributed by atoms with Gasteiger partial charge in [-0.2, -0.15) is 5.10 Å². The molecule has 0 bridgehead atoms. The number of carbonyl (C=O) groups excluding carboxylic acids is 1. The number of carbonyl (C=O) groups is 1. The summed E-state index contributed by atoms with van der Waals surface area (Å²) in [5.41, 5.74) is 5.48. The molecule has 0 radical (unpaired) electrons. The fourth-order valence-electron chi connectivity index (χ4n) is 2.31. The maximum absolute atomic E-state index is 12.4. The van der Waals surface area contributed by atoms with Crippen LogP contribution < -0.4 is 5.43 Å². The van der Waals surface area contributed by atoms with E-state index >= 15 is 0 Å². The maximum Gasteiger partial charge on any atom is 0.272 e. The number of hydrogen-bond acceptors (Lipinski definition) is 3. The Bertz CT molecular complexity index is 906. The summed E-state index contributed by atoms with van der Waals surface area (Å²) >= 11 is 5.91. The van der Waals surface area contributed by atoms with E-state index in [0.29, 0.717) is 10.6 Å². The third-order valence-corrected chi connectivity index (χ3v) is 3.55. The van der Waals surface area contributed by atoms with Gasteiger partial charge in [0.1, 0.15) is 0 Å². The number of hydrazone groups is 1. The van der Waals surface area contributed by atoms with Gasteiger partial charge in [-0.25, -0.2) is 5.43 Å². The van der Waals surface area contributed by atoms with E-state index in [1.807, 2.05) is 43.3 Å². The number of benzene rings is 2. The van der Waals surface area contributed by atoms with Gasteiger partial charge in [0.2, 0.25) is 0 Å². The topological polar surface area (TPSA) is 54.4 Å². The molecule has 0 aliphatic rings. The Labute approximate surface area is 138 Å². The third kappa shape index (κ3) is 3.55. The van der Waals surface area contributed by atoms with Crippen molar-refractivity contribution in [3.05, 3.63) is 76.4 Å². The second kappa shape index (κ2) is 6.58. The summed E-state index contributed by atoms with van der Waals surface area (Å²) in [4.78, 5) is 16.8. The van der Waals surface area contributed by atoms with Gasteiger partial charge in [0.15, 0.2) is 0 Å². The number of hydrogen-bond donors (Lipinski definition) is 1. The quantitative estimate of drug-likeness (QED) is 0.586. The molecule has 2 aromatic carbocycles. The standard InChI is InChI=1S/C18H14ClN3O/c1-12-9-16(15-7-2-3-8-17(15)21-12)18(23)22-20-11-13-5-4-6-14(19)10-13/h2-11H,1H3,(H,22,23)/b20-11-. The Kier molecular flexibility index (Phi) is 4.35. The lowest BCUT2D eigenvalue weighted by atomic mass is 10.1. The molecule has 0 atom stereocenters. The largest absolute Gasteiger partial charge is 0.272 e. The van der Waals surface area contributed by atoms with Gasteiger partial charge in [0.25, 0.3) is 5.91 Å². The zero-order chi connectivity index (χ0) is 16.2. The van der Waals surface area contributed by atoms with E-state index in [-0.39, 0.29) is 5.91 Å². The van der Waals surface area contributed by atoms with E-state index in [1.165, 1.54) is 0 Å². The molecule has 1 aromatic heterocycles. The number of amides is 1. The Morgan fingerprint density at radius 1 is 1.17 bits per heavy atom. The normalized spacial score (nSPS) is 11.0. The summed E-state index contributed by atoms with van der Waals surface area (Å²) in [6.07, 6.45) is 1.56. The van der Waals surface area contributed by atoms with Crippen molar-refractivity contribution in [1.82, 2.24) is 10.4 Å². The summed E-state index contributed by atoms with van der Waals surface area (Å²) in [7, 11) is 0. The third-order valence-electron chi connectivity index (χ3n) is 3.32. The zero-order valence-corrected chi connectivity index (χ0v) is 13.2. The van der Waals surface area contributed by atoms with Crippen LogP contribution in [0.1, 0.15) is 21.6 Å². The summed E-state index contributed by atoms with van der Waals surface area (Å²) < 4.78 is 0. The van der Waals surface area contributed by atoms with Crippen LogP contribution in [0.25, 0.3) is 10.9 Å². The Morgan fingerprint density at radius 2 is 2.00 bits per heavy atom. The number of aromatic nitrogens is 1. The number of aryl methyl sites for hydroxylation is 1. The molecule has 4 nitrogen and oxygen atoms in total. The minimum atomic E-state index is -0.273. The smallest absolute Gasteiger partial charge is 0.267 e. The summed E-state index contributed by atoms with van der Waals surface area (Å²) in [6, 6.07) is 16.5. The number of pyridine rings is 1. The predicted octanol–water partition coefficient (Wildman–Crippen LogP) is 3.96. The van der Waals surface area contributed by atoms with Crippen LogP contribution in [-0.4, -0.2) is 17.1 Å². The highest BCUT2D eigenvalue weighted by molar-refractivity contribution is 6.30. The fourth-order valence-corrected chi connectivity index (χ4v) is 2.51. The average Bonchev–Trinajstić information content (AvgIpc) is 2.54. The van der Waals surface area contributed by atoms with Gasteiger partial charge in [0, 0.05) is 16.1 Å². The molecule has 5 heteroatoms. The fraction of sp³-hybridized carbons (Fsp3) is 0.0556. The van der Waals surface area contributed by atoms with E-state index in [0.717, 1.165) is 22.2 Å². The van der Waals surface area contributed by atoms with E-state index in [9.17, 15) is 4.79 Å². The molecule has 3 aromatic rings. The van der Waals surface area contributed by atoms with Gasteiger partial charge in [0.05, 0.1) is 17.3 Å². The van der Waals surface area contributed by atoms with Gasteiger partial charge in [-0.3, -0.25) is 9.78 Å². The molecule has 3 rings (SSSR count). The van der Waals surface area contributed by atoms with Crippen LogP contribution in [0.2, 0.25) is 5.02 Å². The molecule has 0 spiro atoms. The Morgan fingerprint density at radius 3 is 2.83 bits per heavy atom. The van der Waals surface area contributed by atoms with Gasteiger partial charge in [-0.1, -0.05) is 41.9 Å².